The summed E-state index contributed by atoms with van der Waals surface area (Å²) in [6.45, 7) is 1.71. The molecule has 0 amide bonds. The van der Waals surface area contributed by atoms with Crippen molar-refractivity contribution in [2.24, 2.45) is 0 Å². The van der Waals surface area contributed by atoms with E-state index in [2.05, 4.69) is 16.3 Å². The molecule has 1 aromatic heterocycles. The van der Waals surface area contributed by atoms with E-state index >= 15 is 0 Å². The number of benzene rings is 1. The van der Waals surface area contributed by atoms with Gasteiger partial charge in [0.2, 0.25) is 5.89 Å². The molecule has 0 radical (unpaired) electrons. The number of aromatic nitrogens is 2. The lowest BCUT2D eigenvalue weighted by atomic mass is 10.2. The van der Waals surface area contributed by atoms with Gasteiger partial charge in [-0.25, -0.2) is 0 Å². The van der Waals surface area contributed by atoms with E-state index in [-0.39, 0.29) is 0 Å². The first kappa shape index (κ1) is 10.5. The molecule has 0 atom stereocenters. The van der Waals surface area contributed by atoms with E-state index in [1.54, 1.807) is 25.1 Å². The molecule has 0 fully saturated rings. The second-order valence-electron chi connectivity index (χ2n) is 3.06. The molecule has 2 aromatic rings. The highest BCUT2D eigenvalue weighted by Crippen LogP contribution is 2.30. The quantitative estimate of drug-likeness (QED) is 0.796. The van der Waals surface area contributed by atoms with Crippen LogP contribution in [0.2, 0.25) is 0 Å². The van der Waals surface area contributed by atoms with Crippen LogP contribution in [0.4, 0.5) is 5.69 Å². The zero-order chi connectivity index (χ0) is 11.5. The van der Waals surface area contributed by atoms with Gasteiger partial charge in [0.25, 0.3) is 5.22 Å². The monoisotopic (exact) mass is 232 g/mol. The van der Waals surface area contributed by atoms with Gasteiger partial charge in [-0.2, -0.15) is 5.26 Å². The minimum absolute atomic E-state index is 0.416. The summed E-state index contributed by atoms with van der Waals surface area (Å²) in [4.78, 5) is 0.750. The molecule has 0 aliphatic heterocycles. The van der Waals surface area contributed by atoms with E-state index in [1.807, 2.05) is 0 Å². The highest BCUT2D eigenvalue weighted by Gasteiger charge is 2.09. The molecule has 5 nitrogen and oxygen atoms in total. The predicted octanol–water partition coefficient (Wildman–Crippen LogP) is 1.98. The molecule has 2 rings (SSSR count). The first-order valence-corrected chi connectivity index (χ1v) is 5.28. The maximum absolute atomic E-state index is 8.94. The van der Waals surface area contributed by atoms with E-state index in [0.29, 0.717) is 22.4 Å². The lowest BCUT2D eigenvalue weighted by Gasteiger charge is -2.00. The van der Waals surface area contributed by atoms with Gasteiger partial charge in [-0.1, -0.05) is 0 Å². The third-order valence-electron chi connectivity index (χ3n) is 1.83. The molecular formula is C10H8N4OS. The van der Waals surface area contributed by atoms with Crippen molar-refractivity contribution in [1.29, 1.82) is 5.26 Å². The number of nitrogen functional groups attached to an aromatic ring is 1. The lowest BCUT2D eigenvalue weighted by Crippen LogP contribution is -1.88. The van der Waals surface area contributed by atoms with E-state index in [9.17, 15) is 0 Å². The van der Waals surface area contributed by atoms with Crippen molar-refractivity contribution < 1.29 is 4.42 Å². The Kier molecular flexibility index (Phi) is 2.79. The van der Waals surface area contributed by atoms with Gasteiger partial charge in [0.05, 0.1) is 5.56 Å². The fourth-order valence-electron chi connectivity index (χ4n) is 1.14. The molecule has 80 valence electrons. The van der Waals surface area contributed by atoms with Crippen LogP contribution >= 0.6 is 11.8 Å². The summed E-state index contributed by atoms with van der Waals surface area (Å²) in [5.74, 6) is 0.497. The predicted molar refractivity (Wildman–Crippen MR) is 58.7 cm³/mol. The lowest BCUT2D eigenvalue weighted by molar-refractivity contribution is 0.429. The van der Waals surface area contributed by atoms with E-state index in [1.165, 1.54) is 11.8 Å². The van der Waals surface area contributed by atoms with Gasteiger partial charge < -0.3 is 10.2 Å². The second-order valence-corrected chi connectivity index (χ2v) is 4.05. The molecule has 1 aromatic carbocycles. The second kappa shape index (κ2) is 4.24. The van der Waals surface area contributed by atoms with Crippen LogP contribution in [0.5, 0.6) is 0 Å². The largest absolute Gasteiger partial charge is 0.416 e. The molecule has 0 spiro atoms. The average Bonchev–Trinajstić information content (AvgIpc) is 2.67. The van der Waals surface area contributed by atoms with E-state index in [4.69, 9.17) is 15.4 Å². The van der Waals surface area contributed by atoms with Crippen molar-refractivity contribution in [3.63, 3.8) is 0 Å². The maximum Gasteiger partial charge on any atom is 0.281 e. The molecule has 0 aliphatic rings. The van der Waals surface area contributed by atoms with Gasteiger partial charge >= 0.3 is 0 Å². The third-order valence-corrected chi connectivity index (χ3v) is 2.74. The Balaban J connectivity index is 2.31. The average molecular weight is 232 g/mol. The van der Waals surface area contributed by atoms with E-state index in [0.717, 1.165) is 4.90 Å². The van der Waals surface area contributed by atoms with Crippen LogP contribution in [0.25, 0.3) is 0 Å². The van der Waals surface area contributed by atoms with Crippen molar-refractivity contribution in [2.75, 3.05) is 5.73 Å². The van der Waals surface area contributed by atoms with Crippen molar-refractivity contribution in [2.45, 2.75) is 17.0 Å². The van der Waals surface area contributed by atoms with Crippen molar-refractivity contribution >= 4 is 17.4 Å². The maximum atomic E-state index is 8.94. The normalized spacial score (nSPS) is 10.0. The summed E-state index contributed by atoms with van der Waals surface area (Å²) in [6, 6.07) is 7.18. The number of anilines is 1. The Labute approximate surface area is 96.3 Å². The number of aryl methyl sites for hydroxylation is 1. The van der Waals surface area contributed by atoms with Crippen LogP contribution in [-0.4, -0.2) is 10.2 Å². The van der Waals surface area contributed by atoms with Crippen molar-refractivity contribution in [3.05, 3.63) is 29.7 Å². The number of hydrogen-bond acceptors (Lipinski definition) is 6. The first-order valence-electron chi connectivity index (χ1n) is 4.46. The van der Waals surface area contributed by atoms with Gasteiger partial charge in [-0.3, -0.25) is 0 Å². The fraction of sp³-hybridized carbons (Fsp3) is 0.100. The summed E-state index contributed by atoms with van der Waals surface area (Å²) in [7, 11) is 0. The summed E-state index contributed by atoms with van der Waals surface area (Å²) >= 11 is 1.25. The Hall–Kier alpha value is -2.00. The zero-order valence-corrected chi connectivity index (χ0v) is 9.28. The summed E-state index contributed by atoms with van der Waals surface area (Å²) in [5, 5.41) is 16.9. The van der Waals surface area contributed by atoms with Crippen molar-refractivity contribution in [3.8, 4) is 6.07 Å². The molecule has 0 saturated heterocycles. The summed E-state index contributed by atoms with van der Waals surface area (Å²) in [6.07, 6.45) is 0. The molecule has 0 aliphatic carbocycles. The first-order chi connectivity index (χ1) is 7.69. The molecule has 0 unspecified atom stereocenters. The van der Waals surface area contributed by atoms with E-state index < -0.39 is 0 Å². The SMILES string of the molecule is Cc1nnc(Sc2ccc(N)cc2C#N)o1. The van der Waals surface area contributed by atoms with Crippen molar-refractivity contribution in [1.82, 2.24) is 10.2 Å². The van der Waals surface area contributed by atoms with Crippen LogP contribution in [0.1, 0.15) is 11.5 Å². The smallest absolute Gasteiger partial charge is 0.281 e. The Morgan fingerprint density at radius 2 is 2.25 bits per heavy atom. The van der Waals surface area contributed by atoms with Crippen LogP contribution < -0.4 is 5.73 Å². The standard InChI is InChI=1S/C10H8N4OS/c1-6-13-14-10(15-6)16-9-3-2-8(12)4-7(9)5-11/h2-4H,12H2,1H3. The summed E-state index contributed by atoms with van der Waals surface area (Å²) in [5.41, 5.74) is 6.65. The molecule has 0 bridgehead atoms. The van der Waals surface area contributed by atoms with Gasteiger partial charge in [-0.15, -0.1) is 10.2 Å². The number of hydrogen-bond donors (Lipinski definition) is 1. The number of nitrogens with two attached hydrogens (primary N) is 1. The molecular weight excluding hydrogens is 224 g/mol. The van der Waals surface area contributed by atoms with Gasteiger partial charge in [0, 0.05) is 17.5 Å². The Morgan fingerprint density at radius 1 is 1.44 bits per heavy atom. The Morgan fingerprint density at radius 3 is 2.88 bits per heavy atom. The highest BCUT2D eigenvalue weighted by molar-refractivity contribution is 7.99. The minimum Gasteiger partial charge on any atom is -0.416 e. The molecule has 1 heterocycles. The number of nitriles is 1. The molecule has 16 heavy (non-hydrogen) atoms. The minimum atomic E-state index is 0.416. The number of nitrogens with zero attached hydrogens (tertiary/aromatic N) is 3. The van der Waals surface area contributed by atoms with Crippen LogP contribution in [0.15, 0.2) is 32.7 Å². The topological polar surface area (TPSA) is 88.7 Å². The molecule has 6 heteroatoms. The van der Waals surface area contributed by atoms with Crippen LogP contribution in [0.3, 0.4) is 0 Å². The molecule has 0 saturated carbocycles. The highest BCUT2D eigenvalue weighted by atomic mass is 32.2. The summed E-state index contributed by atoms with van der Waals surface area (Å²) < 4.78 is 5.22. The number of rotatable bonds is 2. The third kappa shape index (κ3) is 2.15. The Bertz CT molecular complexity index is 558. The van der Waals surface area contributed by atoms with Gasteiger partial charge in [-0.05, 0) is 30.0 Å². The fourth-order valence-corrected chi connectivity index (χ4v) is 1.92. The van der Waals surface area contributed by atoms with Crippen LogP contribution in [0, 0.1) is 18.3 Å². The molecule has 2 N–H and O–H groups in total. The van der Waals surface area contributed by atoms with Gasteiger partial charge in [0.15, 0.2) is 0 Å². The van der Waals surface area contributed by atoms with Crippen LogP contribution in [-0.2, 0) is 0 Å². The van der Waals surface area contributed by atoms with Gasteiger partial charge in [0.1, 0.15) is 6.07 Å². The zero-order valence-electron chi connectivity index (χ0n) is 8.47.